The molecular formula is C18H28N2O5S2. The topological polar surface area (TPSA) is 101 Å². The van der Waals surface area contributed by atoms with Crippen molar-refractivity contribution >= 4 is 50.9 Å². The van der Waals surface area contributed by atoms with E-state index in [-0.39, 0.29) is 53.8 Å². The Morgan fingerprint density at radius 3 is 2.44 bits per heavy atom. The highest BCUT2D eigenvalue weighted by Gasteiger charge is 2.38. The Morgan fingerprint density at radius 1 is 1.15 bits per heavy atom. The fourth-order valence-electron chi connectivity index (χ4n) is 2.80. The molecule has 1 rings (SSSR count). The van der Waals surface area contributed by atoms with Crippen LogP contribution in [0.5, 0.6) is 0 Å². The lowest BCUT2D eigenvalue weighted by Gasteiger charge is -2.16. The molecule has 1 saturated heterocycles. The highest BCUT2D eigenvalue weighted by atomic mass is 33.1. The molecule has 7 nitrogen and oxygen atoms in total. The molecule has 1 aliphatic heterocycles. The highest BCUT2D eigenvalue weighted by molar-refractivity contribution is 8.76. The van der Waals surface area contributed by atoms with Gasteiger partial charge in [-0.3, -0.25) is 24.1 Å². The van der Waals surface area contributed by atoms with Crippen LogP contribution < -0.4 is 5.32 Å². The maximum absolute atomic E-state index is 12.1. The minimum atomic E-state index is -0.618. The molecule has 0 saturated carbocycles. The predicted molar refractivity (Wildman–Crippen MR) is 107 cm³/mol. The van der Waals surface area contributed by atoms with Gasteiger partial charge in [0.25, 0.3) is 0 Å². The number of imide groups is 1. The molecule has 0 radical (unpaired) electrons. The van der Waals surface area contributed by atoms with E-state index in [0.717, 1.165) is 0 Å². The van der Waals surface area contributed by atoms with Crippen LogP contribution in [0.25, 0.3) is 0 Å². The van der Waals surface area contributed by atoms with Crippen molar-refractivity contribution in [1.82, 2.24) is 10.2 Å². The van der Waals surface area contributed by atoms with E-state index in [1.54, 1.807) is 0 Å². The smallest absolute Gasteiger partial charge is 0.243 e. The van der Waals surface area contributed by atoms with Gasteiger partial charge in [0, 0.05) is 25.8 Å². The summed E-state index contributed by atoms with van der Waals surface area (Å²) in [5.74, 6) is -0.637. The summed E-state index contributed by atoms with van der Waals surface area (Å²) < 4.78 is 0. The van der Waals surface area contributed by atoms with Crippen LogP contribution >= 0.6 is 21.6 Å². The average Bonchev–Trinajstić information content (AvgIpc) is 2.85. The summed E-state index contributed by atoms with van der Waals surface area (Å²) in [4.78, 5) is 59.9. The third-order valence-electron chi connectivity index (χ3n) is 4.31. The van der Waals surface area contributed by atoms with Crippen LogP contribution in [0.15, 0.2) is 0 Å². The maximum atomic E-state index is 12.1. The van der Waals surface area contributed by atoms with Gasteiger partial charge in [-0.2, -0.15) is 0 Å². The van der Waals surface area contributed by atoms with Crippen LogP contribution in [0.1, 0.15) is 58.8 Å². The summed E-state index contributed by atoms with van der Waals surface area (Å²) in [6.07, 6.45) is 4.99. The van der Waals surface area contributed by atoms with Crippen LogP contribution in [-0.4, -0.2) is 58.3 Å². The Morgan fingerprint density at radius 2 is 1.85 bits per heavy atom. The second-order valence-electron chi connectivity index (χ2n) is 6.62. The number of likely N-dealkylation sites (tertiary alicyclic amines) is 1. The first-order valence-corrected chi connectivity index (χ1v) is 11.7. The second kappa shape index (κ2) is 12.2. The molecular weight excluding hydrogens is 388 g/mol. The third kappa shape index (κ3) is 8.47. The lowest BCUT2D eigenvalue weighted by Crippen LogP contribution is -2.39. The van der Waals surface area contributed by atoms with Gasteiger partial charge in [0.15, 0.2) is 5.78 Å². The summed E-state index contributed by atoms with van der Waals surface area (Å²) in [5, 5.41) is 2.39. The Labute approximate surface area is 168 Å². The molecule has 152 valence electrons. The van der Waals surface area contributed by atoms with Crippen LogP contribution in [0.2, 0.25) is 0 Å². The van der Waals surface area contributed by atoms with E-state index in [1.165, 1.54) is 40.3 Å². The van der Waals surface area contributed by atoms with E-state index in [2.05, 4.69) is 5.32 Å². The van der Waals surface area contributed by atoms with Crippen molar-refractivity contribution in [1.29, 1.82) is 0 Å². The van der Waals surface area contributed by atoms with Gasteiger partial charge in [0.2, 0.25) is 17.7 Å². The first-order chi connectivity index (χ1) is 12.8. The van der Waals surface area contributed by atoms with Gasteiger partial charge in [-0.25, -0.2) is 0 Å². The lowest BCUT2D eigenvalue weighted by atomic mass is 10.1. The molecule has 1 N–H and O–H groups in total. The first kappa shape index (κ1) is 23.7. The summed E-state index contributed by atoms with van der Waals surface area (Å²) in [7, 11) is 2.90. The van der Waals surface area contributed by atoms with Crippen LogP contribution in [0.3, 0.4) is 0 Å². The van der Waals surface area contributed by atoms with Gasteiger partial charge in [0.1, 0.15) is 11.0 Å². The van der Waals surface area contributed by atoms with E-state index < -0.39 is 6.04 Å². The fraction of sp³-hybridized carbons (Fsp3) is 0.722. The fourth-order valence-corrected chi connectivity index (χ4v) is 4.60. The van der Waals surface area contributed by atoms with Gasteiger partial charge >= 0.3 is 0 Å². The van der Waals surface area contributed by atoms with E-state index in [0.29, 0.717) is 32.2 Å². The van der Waals surface area contributed by atoms with Crippen LogP contribution in [0.4, 0.5) is 0 Å². The molecule has 1 aliphatic rings. The zero-order valence-corrected chi connectivity index (χ0v) is 17.7. The van der Waals surface area contributed by atoms with Crippen molar-refractivity contribution in [3.63, 3.8) is 0 Å². The number of unbranched alkanes of at least 4 members (excludes halogenated alkanes) is 2. The Hall–Kier alpha value is -1.35. The summed E-state index contributed by atoms with van der Waals surface area (Å²) in [6, 6.07) is -0.618. The Balaban J connectivity index is 2.26. The summed E-state index contributed by atoms with van der Waals surface area (Å²) in [5.41, 5.74) is 0. The molecule has 1 fully saturated rings. The van der Waals surface area contributed by atoms with Crippen molar-refractivity contribution in [2.24, 2.45) is 0 Å². The van der Waals surface area contributed by atoms with Crippen LogP contribution in [0, 0.1) is 0 Å². The molecule has 0 aromatic heterocycles. The number of nitrogens with one attached hydrogen (secondary N) is 1. The molecule has 3 amide bonds. The van der Waals surface area contributed by atoms with Crippen molar-refractivity contribution in [3.05, 3.63) is 0 Å². The van der Waals surface area contributed by atoms with Crippen LogP contribution in [-0.2, 0) is 24.0 Å². The lowest BCUT2D eigenvalue weighted by molar-refractivity contribution is -0.138. The SMILES string of the molecule is CSSC1CC(=O)N(CCCCCC(=O)NC(CCC(C)=O)C(C)=O)C1=O. The quantitative estimate of drug-likeness (QED) is 0.279. The van der Waals surface area contributed by atoms with Crippen molar-refractivity contribution in [2.75, 3.05) is 12.8 Å². The van der Waals surface area contributed by atoms with Crippen molar-refractivity contribution in [2.45, 2.75) is 70.1 Å². The molecule has 0 aromatic rings. The predicted octanol–water partition coefficient (Wildman–Crippen LogP) is 2.13. The number of amides is 3. The van der Waals surface area contributed by atoms with Gasteiger partial charge < -0.3 is 10.1 Å². The molecule has 2 atom stereocenters. The average molecular weight is 417 g/mol. The van der Waals surface area contributed by atoms with Gasteiger partial charge in [-0.1, -0.05) is 28.0 Å². The maximum Gasteiger partial charge on any atom is 0.243 e. The largest absolute Gasteiger partial charge is 0.346 e. The molecule has 1 heterocycles. The van der Waals surface area contributed by atoms with Gasteiger partial charge in [-0.05, 0) is 39.4 Å². The first-order valence-electron chi connectivity index (χ1n) is 9.09. The van der Waals surface area contributed by atoms with Gasteiger partial charge in [0.05, 0.1) is 6.04 Å². The molecule has 9 heteroatoms. The molecule has 0 aliphatic carbocycles. The number of rotatable bonds is 13. The number of Topliss-reactive ketones (excluding diaryl/α,β-unsaturated/α-hetero) is 2. The zero-order valence-electron chi connectivity index (χ0n) is 16.1. The number of ketones is 2. The van der Waals surface area contributed by atoms with Crippen molar-refractivity contribution in [3.8, 4) is 0 Å². The van der Waals surface area contributed by atoms with Gasteiger partial charge in [-0.15, -0.1) is 0 Å². The minimum Gasteiger partial charge on any atom is -0.346 e. The second-order valence-corrected chi connectivity index (χ2v) is 9.29. The Kier molecular flexibility index (Phi) is 10.7. The Bertz CT molecular complexity index is 582. The minimum absolute atomic E-state index is 0.0142. The van der Waals surface area contributed by atoms with Crippen molar-refractivity contribution < 1.29 is 24.0 Å². The van der Waals surface area contributed by atoms with E-state index >= 15 is 0 Å². The molecule has 27 heavy (non-hydrogen) atoms. The number of carbonyl (C=O) groups excluding carboxylic acids is 5. The normalized spacial score (nSPS) is 17.9. The molecule has 2 unspecified atom stereocenters. The number of carbonyl (C=O) groups is 5. The monoisotopic (exact) mass is 416 g/mol. The zero-order chi connectivity index (χ0) is 20.4. The summed E-state index contributed by atoms with van der Waals surface area (Å²) >= 11 is 0. The van der Waals surface area contributed by atoms with E-state index in [9.17, 15) is 24.0 Å². The number of hydrogen-bond acceptors (Lipinski definition) is 7. The third-order valence-corrected chi connectivity index (χ3v) is 6.38. The number of hydrogen-bond donors (Lipinski definition) is 1. The number of nitrogens with zero attached hydrogens (tertiary/aromatic N) is 1. The molecule has 0 aromatic carbocycles. The highest BCUT2D eigenvalue weighted by Crippen LogP contribution is 2.32. The standard InChI is InChI=1S/C18H28N2O5S2/c1-12(21)8-9-14(13(2)22)19-16(23)7-5-4-6-10-20-17(24)11-15(18(20)25)27-26-3/h14-15H,4-11H2,1-3H3,(H,19,23). The molecule has 0 bridgehead atoms. The molecule has 0 spiro atoms. The summed E-state index contributed by atoms with van der Waals surface area (Å²) in [6.45, 7) is 3.24. The van der Waals surface area contributed by atoms with E-state index in [4.69, 9.17) is 0 Å². The van der Waals surface area contributed by atoms with E-state index in [1.807, 2.05) is 6.26 Å².